The van der Waals surface area contributed by atoms with Crippen molar-refractivity contribution in [3.63, 3.8) is 0 Å². The van der Waals surface area contributed by atoms with Crippen LogP contribution in [0.4, 0.5) is 28.4 Å². The first kappa shape index (κ1) is 18.6. The molecule has 1 N–H and O–H groups in total. The normalized spacial score (nSPS) is 10.4. The van der Waals surface area contributed by atoms with Crippen LogP contribution >= 0.6 is 34.8 Å². The van der Waals surface area contributed by atoms with Crippen LogP contribution in [0.25, 0.3) is 0 Å². The second-order valence-electron chi connectivity index (χ2n) is 4.51. The van der Waals surface area contributed by atoms with Gasteiger partial charge in [-0.1, -0.05) is 34.8 Å². The highest BCUT2D eigenvalue weighted by Gasteiger charge is 2.31. The van der Waals surface area contributed by atoms with Crippen molar-refractivity contribution in [2.75, 3.05) is 5.32 Å². The molecule has 10 nitrogen and oxygen atoms in total. The zero-order valence-electron chi connectivity index (χ0n) is 11.7. The summed E-state index contributed by atoms with van der Waals surface area (Å²) in [6.45, 7) is 0. The second kappa shape index (κ2) is 7.05. The first-order valence-corrected chi connectivity index (χ1v) is 7.28. The summed E-state index contributed by atoms with van der Waals surface area (Å²) in [5.41, 5.74) is -3.00. The van der Waals surface area contributed by atoms with Crippen molar-refractivity contribution in [3.05, 3.63) is 69.7 Å². The molecule has 0 bridgehead atoms. The fourth-order valence-electron chi connectivity index (χ4n) is 1.89. The van der Waals surface area contributed by atoms with Crippen molar-refractivity contribution in [2.24, 2.45) is 0 Å². The molecule has 0 fully saturated rings. The van der Waals surface area contributed by atoms with Crippen molar-refractivity contribution in [1.29, 1.82) is 0 Å². The molecule has 0 atom stereocenters. The Morgan fingerprint density at radius 1 is 0.760 bits per heavy atom. The van der Waals surface area contributed by atoms with Crippen LogP contribution in [0, 0.1) is 30.3 Å². The van der Waals surface area contributed by atoms with E-state index in [-0.39, 0.29) is 20.8 Å². The Labute approximate surface area is 153 Å². The Hall–Kier alpha value is -2.69. The summed E-state index contributed by atoms with van der Waals surface area (Å²) in [6.07, 6.45) is 0. The van der Waals surface area contributed by atoms with Gasteiger partial charge in [-0.2, -0.15) is 0 Å². The van der Waals surface area contributed by atoms with Crippen LogP contribution in [0.5, 0.6) is 0 Å². The largest absolute Gasteiger partial charge is 0.344 e. The number of rotatable bonds is 5. The molecule has 0 aliphatic heterocycles. The smallest absolute Gasteiger partial charge is 0.306 e. The Bertz CT molecular complexity index is 862. The highest BCUT2D eigenvalue weighted by Crippen LogP contribution is 2.41. The molecule has 0 aliphatic rings. The molecular weight excluding hydrogens is 403 g/mol. The molecule has 0 spiro atoms. The molecule has 0 heterocycles. The van der Waals surface area contributed by atoms with E-state index >= 15 is 0 Å². The Kier molecular flexibility index (Phi) is 5.26. The lowest BCUT2D eigenvalue weighted by Crippen LogP contribution is -2.03. The Morgan fingerprint density at radius 3 is 1.56 bits per heavy atom. The lowest BCUT2D eigenvalue weighted by atomic mass is 10.2. The maximum Gasteiger partial charge on any atom is 0.306 e. The van der Waals surface area contributed by atoms with Gasteiger partial charge < -0.3 is 5.32 Å². The van der Waals surface area contributed by atoms with E-state index in [1.807, 2.05) is 0 Å². The third-order valence-corrected chi connectivity index (χ3v) is 4.14. The monoisotopic (exact) mass is 406 g/mol. The van der Waals surface area contributed by atoms with E-state index in [1.165, 1.54) is 12.1 Å². The fraction of sp³-hybridized carbons (Fsp3) is 0. The predicted octanol–water partition coefficient (Wildman–Crippen LogP) is 5.12. The molecule has 0 saturated carbocycles. The Balaban J connectivity index is 2.69. The maximum atomic E-state index is 11.2. The molecule has 0 unspecified atom stereocenters. The molecule has 0 aromatic heterocycles. The third-order valence-electron chi connectivity index (χ3n) is 2.94. The van der Waals surface area contributed by atoms with Gasteiger partial charge >= 0.3 is 11.4 Å². The van der Waals surface area contributed by atoms with Crippen LogP contribution in [0.2, 0.25) is 15.1 Å². The number of benzene rings is 2. The highest BCUT2D eigenvalue weighted by molar-refractivity contribution is 6.48. The minimum absolute atomic E-state index is 0.00360. The van der Waals surface area contributed by atoms with Gasteiger partial charge in [0.1, 0.15) is 0 Å². The van der Waals surface area contributed by atoms with Crippen LogP contribution < -0.4 is 5.32 Å². The average molecular weight is 408 g/mol. The summed E-state index contributed by atoms with van der Waals surface area (Å²) in [7, 11) is 0. The summed E-state index contributed by atoms with van der Waals surface area (Å²) >= 11 is 17.5. The third kappa shape index (κ3) is 3.87. The topological polar surface area (TPSA) is 141 Å². The molecule has 2 rings (SSSR count). The number of anilines is 2. The summed E-state index contributed by atoms with van der Waals surface area (Å²) in [4.78, 5) is 30.3. The van der Waals surface area contributed by atoms with E-state index in [9.17, 15) is 30.3 Å². The van der Waals surface area contributed by atoms with Crippen LogP contribution in [0.1, 0.15) is 0 Å². The molecule has 0 saturated heterocycles. The van der Waals surface area contributed by atoms with Crippen molar-refractivity contribution < 1.29 is 14.8 Å². The number of hydrogen-bond donors (Lipinski definition) is 1. The second-order valence-corrected chi connectivity index (χ2v) is 5.70. The van der Waals surface area contributed by atoms with Gasteiger partial charge in [0.25, 0.3) is 5.69 Å². The molecule has 0 radical (unpaired) electrons. The van der Waals surface area contributed by atoms with Gasteiger partial charge in [0.2, 0.25) is 0 Å². The van der Waals surface area contributed by atoms with Crippen molar-refractivity contribution in [1.82, 2.24) is 0 Å². The van der Waals surface area contributed by atoms with Crippen LogP contribution in [0.3, 0.4) is 0 Å². The zero-order valence-corrected chi connectivity index (χ0v) is 14.0. The molecule has 25 heavy (non-hydrogen) atoms. The molecule has 13 heteroatoms. The minimum Gasteiger partial charge on any atom is -0.344 e. The van der Waals surface area contributed by atoms with Crippen LogP contribution in [0.15, 0.2) is 24.3 Å². The number of nitro benzene ring substituents is 3. The van der Waals surface area contributed by atoms with Crippen molar-refractivity contribution in [2.45, 2.75) is 0 Å². The molecule has 0 aliphatic carbocycles. The van der Waals surface area contributed by atoms with Gasteiger partial charge in [0, 0.05) is 5.69 Å². The highest BCUT2D eigenvalue weighted by atomic mass is 35.5. The van der Waals surface area contributed by atoms with Crippen molar-refractivity contribution >= 4 is 63.2 Å². The van der Waals surface area contributed by atoms with Crippen LogP contribution in [-0.4, -0.2) is 14.8 Å². The van der Waals surface area contributed by atoms with Gasteiger partial charge in [0.15, 0.2) is 5.69 Å². The van der Waals surface area contributed by atoms with Gasteiger partial charge in [0.05, 0.1) is 42.0 Å². The summed E-state index contributed by atoms with van der Waals surface area (Å²) < 4.78 is 0. The number of nitro groups is 3. The molecular formula is C12H5Cl3N4O6. The summed E-state index contributed by atoms with van der Waals surface area (Å²) in [6, 6.07) is 3.69. The number of halogens is 3. The average Bonchev–Trinajstić information content (AvgIpc) is 2.51. The van der Waals surface area contributed by atoms with Gasteiger partial charge in [-0.05, 0) is 12.1 Å². The zero-order chi connectivity index (χ0) is 18.9. The first-order valence-electron chi connectivity index (χ1n) is 6.14. The van der Waals surface area contributed by atoms with Crippen LogP contribution in [-0.2, 0) is 0 Å². The number of non-ortho nitro benzene ring substituents is 1. The van der Waals surface area contributed by atoms with Crippen molar-refractivity contribution in [3.8, 4) is 0 Å². The lowest BCUT2D eigenvalue weighted by Gasteiger charge is -2.10. The van der Waals surface area contributed by atoms with E-state index in [1.54, 1.807) is 0 Å². The summed E-state index contributed by atoms with van der Waals surface area (Å²) in [5, 5.41) is 35.7. The molecule has 130 valence electrons. The summed E-state index contributed by atoms with van der Waals surface area (Å²) in [5.74, 6) is 0. The number of nitrogens with one attached hydrogen (secondary N) is 1. The standard InChI is InChI=1S/C12H5Cl3N4O6/c13-7-1-5(2-8(14)11(7)15)16-12-9(18(22)23)3-6(17(20)21)4-10(12)19(24)25/h1-4,16H. The lowest BCUT2D eigenvalue weighted by molar-refractivity contribution is -0.401. The van der Waals surface area contributed by atoms with Gasteiger partial charge in [-0.15, -0.1) is 0 Å². The van der Waals surface area contributed by atoms with Gasteiger partial charge in [-0.3, -0.25) is 30.3 Å². The molecule has 2 aromatic rings. The molecule has 0 amide bonds. The number of nitrogens with zero attached hydrogens (tertiary/aromatic N) is 3. The minimum atomic E-state index is -0.985. The van der Waals surface area contributed by atoms with Gasteiger partial charge in [-0.25, -0.2) is 0 Å². The fourth-order valence-corrected chi connectivity index (χ4v) is 2.49. The van der Waals surface area contributed by atoms with E-state index < -0.39 is 37.5 Å². The SMILES string of the molecule is O=[N+]([O-])c1cc([N+](=O)[O-])c(Nc2cc(Cl)c(Cl)c(Cl)c2)c([N+](=O)[O-])c1. The van der Waals surface area contributed by atoms with E-state index in [4.69, 9.17) is 34.8 Å². The predicted molar refractivity (Wildman–Crippen MR) is 91.2 cm³/mol. The van der Waals surface area contributed by atoms with E-state index in [0.717, 1.165) is 0 Å². The number of hydrogen-bond acceptors (Lipinski definition) is 7. The first-order chi connectivity index (χ1) is 11.6. The molecule has 2 aromatic carbocycles. The van der Waals surface area contributed by atoms with E-state index in [2.05, 4.69) is 5.32 Å². The maximum absolute atomic E-state index is 11.2. The quantitative estimate of drug-likeness (QED) is 0.412. The Morgan fingerprint density at radius 2 is 1.20 bits per heavy atom. The van der Waals surface area contributed by atoms with E-state index in [0.29, 0.717) is 12.1 Å².